The molecule has 1 aliphatic rings. The lowest BCUT2D eigenvalue weighted by atomic mass is 9.92. The van der Waals surface area contributed by atoms with Crippen LogP contribution in [0.4, 0.5) is 30.6 Å². The summed E-state index contributed by atoms with van der Waals surface area (Å²) in [6, 6.07) is 15.8. The van der Waals surface area contributed by atoms with Crippen LogP contribution in [-0.4, -0.2) is 18.6 Å². The van der Waals surface area contributed by atoms with Gasteiger partial charge in [0.15, 0.2) is 0 Å². The number of anilines is 3. The van der Waals surface area contributed by atoms with Crippen molar-refractivity contribution < 1.29 is 13.6 Å². The molecule has 0 heterocycles. The predicted molar refractivity (Wildman–Crippen MR) is 149 cm³/mol. The van der Waals surface area contributed by atoms with Crippen LogP contribution < -0.4 is 15.5 Å². The Balaban J connectivity index is 1.80. The molecule has 0 saturated heterocycles. The molecule has 3 aromatic carbocycles. The minimum absolute atomic E-state index is 0.0589. The molecule has 0 bridgehead atoms. The molecule has 2 N–H and O–H groups in total. The van der Waals surface area contributed by atoms with Gasteiger partial charge in [0.25, 0.3) is 0 Å². The fourth-order valence-corrected chi connectivity index (χ4v) is 5.10. The molecule has 3 aromatic rings. The number of hydrogen-bond acceptors (Lipinski definition) is 3. The largest absolute Gasteiger partial charge is 0.367 e. The van der Waals surface area contributed by atoms with Gasteiger partial charge in [-0.15, -0.1) is 0 Å². The van der Waals surface area contributed by atoms with Gasteiger partial charge in [-0.1, -0.05) is 50.8 Å². The van der Waals surface area contributed by atoms with Crippen LogP contribution >= 0.6 is 0 Å². The molecule has 0 aliphatic heterocycles. The highest BCUT2D eigenvalue weighted by atomic mass is 19.1. The molecule has 38 heavy (non-hydrogen) atoms. The summed E-state index contributed by atoms with van der Waals surface area (Å²) < 4.78 is 29.9. The summed E-state index contributed by atoms with van der Waals surface area (Å²) >= 11 is 0. The molecule has 1 saturated carbocycles. The Labute approximate surface area is 223 Å². The van der Waals surface area contributed by atoms with Gasteiger partial charge in [-0.2, -0.15) is 5.26 Å². The third-order valence-corrected chi connectivity index (χ3v) is 6.92. The Morgan fingerprint density at radius 3 is 2.37 bits per heavy atom. The maximum absolute atomic E-state index is 15.8. The average molecular weight is 517 g/mol. The maximum Gasteiger partial charge on any atom is 0.323 e. The molecule has 0 spiro atoms. The Morgan fingerprint density at radius 1 is 1.00 bits per heavy atom. The van der Waals surface area contributed by atoms with Crippen LogP contribution in [0.3, 0.4) is 0 Å². The van der Waals surface area contributed by atoms with Crippen LogP contribution in [0, 0.1) is 35.8 Å². The molecular weight excluding hydrogens is 482 g/mol. The van der Waals surface area contributed by atoms with E-state index in [1.54, 1.807) is 0 Å². The van der Waals surface area contributed by atoms with Gasteiger partial charge in [0, 0.05) is 29.4 Å². The van der Waals surface area contributed by atoms with E-state index in [0.29, 0.717) is 29.5 Å². The van der Waals surface area contributed by atoms with E-state index < -0.39 is 17.7 Å². The van der Waals surface area contributed by atoms with Gasteiger partial charge >= 0.3 is 6.03 Å². The first-order valence-electron chi connectivity index (χ1n) is 13.2. The SMILES string of the molecule is Cc1ccc(NC(=O)Nc2cc(-c3cc(F)ccc3C#N)c(F)cc2N(CC(C)C)C2CCCCC2)cc1. The summed E-state index contributed by atoms with van der Waals surface area (Å²) in [6.45, 7) is 6.89. The first kappa shape index (κ1) is 27.1. The second kappa shape index (κ2) is 12.1. The van der Waals surface area contributed by atoms with Crippen molar-refractivity contribution in [3.63, 3.8) is 0 Å². The van der Waals surface area contributed by atoms with Gasteiger partial charge in [-0.3, -0.25) is 0 Å². The molecule has 7 heteroatoms. The highest BCUT2D eigenvalue weighted by Gasteiger charge is 2.27. The lowest BCUT2D eigenvalue weighted by molar-refractivity contribution is 0.262. The lowest BCUT2D eigenvalue weighted by Gasteiger charge is -2.38. The summed E-state index contributed by atoms with van der Waals surface area (Å²) in [4.78, 5) is 15.3. The van der Waals surface area contributed by atoms with Crippen molar-refractivity contribution in [2.75, 3.05) is 22.1 Å². The van der Waals surface area contributed by atoms with Crippen molar-refractivity contribution in [3.8, 4) is 17.2 Å². The fraction of sp³-hybridized carbons (Fsp3) is 0.355. The van der Waals surface area contributed by atoms with E-state index in [1.165, 1.54) is 30.7 Å². The molecule has 0 atom stereocenters. The number of benzene rings is 3. The number of carbonyl (C=O) groups excluding carboxylic acids is 1. The first-order chi connectivity index (χ1) is 18.2. The second-order valence-electron chi connectivity index (χ2n) is 10.4. The Bertz CT molecular complexity index is 1320. The molecule has 5 nitrogen and oxygen atoms in total. The smallest absolute Gasteiger partial charge is 0.323 e. The number of nitriles is 1. The van der Waals surface area contributed by atoms with Gasteiger partial charge in [0.2, 0.25) is 0 Å². The predicted octanol–water partition coefficient (Wildman–Crippen LogP) is 8.25. The topological polar surface area (TPSA) is 68.2 Å². The van der Waals surface area contributed by atoms with Crippen molar-refractivity contribution in [2.24, 2.45) is 5.92 Å². The molecular formula is C31H34F2N4O. The van der Waals surface area contributed by atoms with Crippen molar-refractivity contribution in [2.45, 2.75) is 58.9 Å². The number of rotatable bonds is 7. The monoisotopic (exact) mass is 516 g/mol. The number of nitrogens with zero attached hydrogens (tertiary/aromatic N) is 2. The van der Waals surface area contributed by atoms with E-state index in [-0.39, 0.29) is 22.7 Å². The molecule has 198 valence electrons. The molecule has 0 unspecified atom stereocenters. The van der Waals surface area contributed by atoms with Gasteiger partial charge < -0.3 is 15.5 Å². The van der Waals surface area contributed by atoms with Crippen molar-refractivity contribution >= 4 is 23.1 Å². The minimum atomic E-state index is -0.573. The molecule has 0 aromatic heterocycles. The van der Waals surface area contributed by atoms with Crippen LogP contribution in [0.1, 0.15) is 57.1 Å². The highest BCUT2D eigenvalue weighted by molar-refractivity contribution is 6.02. The van der Waals surface area contributed by atoms with Crippen LogP contribution in [0.15, 0.2) is 54.6 Å². The van der Waals surface area contributed by atoms with Crippen LogP contribution in [0.25, 0.3) is 11.1 Å². The van der Waals surface area contributed by atoms with Crippen LogP contribution in [0.5, 0.6) is 0 Å². The summed E-state index contributed by atoms with van der Waals surface area (Å²) in [7, 11) is 0. The van der Waals surface area contributed by atoms with E-state index in [4.69, 9.17) is 0 Å². The van der Waals surface area contributed by atoms with Gasteiger partial charge in [0.05, 0.1) is 23.0 Å². The van der Waals surface area contributed by atoms with Gasteiger partial charge in [-0.25, -0.2) is 13.6 Å². The third-order valence-electron chi connectivity index (χ3n) is 6.92. The van der Waals surface area contributed by atoms with Gasteiger partial charge in [0.1, 0.15) is 11.6 Å². The number of carbonyl (C=O) groups is 1. The normalized spacial score (nSPS) is 13.7. The highest BCUT2D eigenvalue weighted by Crippen LogP contribution is 2.39. The maximum atomic E-state index is 15.8. The van der Waals surface area contributed by atoms with Crippen molar-refractivity contribution in [1.29, 1.82) is 5.26 Å². The number of aryl methyl sites for hydroxylation is 1. The fourth-order valence-electron chi connectivity index (χ4n) is 5.10. The third kappa shape index (κ3) is 6.49. The zero-order chi connectivity index (χ0) is 27.2. The molecule has 1 aliphatic carbocycles. The second-order valence-corrected chi connectivity index (χ2v) is 10.4. The summed E-state index contributed by atoms with van der Waals surface area (Å²) in [5.41, 5.74) is 3.04. The summed E-state index contributed by atoms with van der Waals surface area (Å²) in [5, 5.41) is 15.3. The molecule has 0 radical (unpaired) electrons. The lowest BCUT2D eigenvalue weighted by Crippen LogP contribution is -2.40. The van der Waals surface area contributed by atoms with Crippen molar-refractivity contribution in [1.82, 2.24) is 0 Å². The standard InChI is InChI=1S/C31H34F2N4O/c1-20(2)19-37(25-7-5-4-6-8-25)30-17-28(33)27(26-15-23(32)12-11-22(26)18-34)16-29(30)36-31(38)35-24-13-9-21(3)10-14-24/h9-17,20,25H,4-8,19H2,1-3H3,(H2,35,36,38). The quantitative estimate of drug-likeness (QED) is 0.332. The number of urea groups is 1. The van der Waals surface area contributed by atoms with Crippen molar-refractivity contribution in [3.05, 3.63) is 77.4 Å². The average Bonchev–Trinajstić information content (AvgIpc) is 2.90. The Kier molecular flexibility index (Phi) is 8.62. The van der Waals surface area contributed by atoms with E-state index in [2.05, 4.69) is 29.4 Å². The van der Waals surface area contributed by atoms with Crippen LogP contribution in [-0.2, 0) is 0 Å². The zero-order valence-electron chi connectivity index (χ0n) is 22.2. The molecule has 1 fully saturated rings. The number of nitrogens with one attached hydrogen (secondary N) is 2. The Morgan fingerprint density at radius 2 is 1.71 bits per heavy atom. The van der Waals surface area contributed by atoms with E-state index in [9.17, 15) is 14.4 Å². The minimum Gasteiger partial charge on any atom is -0.367 e. The van der Waals surface area contributed by atoms with E-state index >= 15 is 4.39 Å². The first-order valence-corrected chi connectivity index (χ1v) is 13.2. The number of amides is 2. The molecule has 4 rings (SSSR count). The summed E-state index contributed by atoms with van der Waals surface area (Å²) in [6.07, 6.45) is 5.37. The zero-order valence-corrected chi connectivity index (χ0v) is 22.2. The van der Waals surface area contributed by atoms with E-state index in [0.717, 1.165) is 37.3 Å². The number of hydrogen-bond donors (Lipinski definition) is 2. The van der Waals surface area contributed by atoms with Gasteiger partial charge in [-0.05, 0) is 68.1 Å². The van der Waals surface area contributed by atoms with Crippen LogP contribution in [0.2, 0.25) is 0 Å². The number of halogens is 2. The summed E-state index contributed by atoms with van der Waals surface area (Å²) in [5.74, 6) is -0.837. The van der Waals surface area contributed by atoms with E-state index in [1.807, 2.05) is 37.3 Å². The molecule has 2 amide bonds. The Hall–Kier alpha value is -3.92.